The highest BCUT2D eigenvalue weighted by molar-refractivity contribution is 5.97. The predicted molar refractivity (Wildman–Crippen MR) is 94.4 cm³/mol. The Balaban J connectivity index is 1.84. The zero-order chi connectivity index (χ0) is 18.4. The van der Waals surface area contributed by atoms with Crippen molar-refractivity contribution in [1.82, 2.24) is 4.57 Å². The lowest BCUT2D eigenvalue weighted by Gasteiger charge is -2.16. The number of benzene rings is 1. The van der Waals surface area contributed by atoms with Crippen LogP contribution >= 0.6 is 0 Å². The number of carbonyl (C=O) groups is 3. The minimum absolute atomic E-state index is 0.0445. The smallest absolute Gasteiger partial charge is 0.308 e. The lowest BCUT2D eigenvalue weighted by Crippen LogP contribution is -2.30. The quantitative estimate of drug-likeness (QED) is 0.619. The summed E-state index contributed by atoms with van der Waals surface area (Å²) >= 11 is 0. The molecule has 0 spiro atoms. The van der Waals surface area contributed by atoms with E-state index in [1.807, 2.05) is 36.0 Å². The largest absolute Gasteiger partial charge is 0.452 e. The molecule has 2 unspecified atom stereocenters. The number of aromatic nitrogens is 1. The molecule has 0 saturated carbocycles. The third-order valence-electron chi connectivity index (χ3n) is 3.83. The van der Waals surface area contributed by atoms with Crippen molar-refractivity contribution in [3.63, 3.8) is 0 Å². The molecule has 1 aromatic heterocycles. The van der Waals surface area contributed by atoms with E-state index in [1.165, 1.54) is 13.8 Å². The van der Waals surface area contributed by atoms with Gasteiger partial charge in [0.2, 0.25) is 0 Å². The number of rotatable bonds is 7. The summed E-state index contributed by atoms with van der Waals surface area (Å²) in [7, 11) is 0. The molecule has 1 aromatic carbocycles. The minimum atomic E-state index is -0.906. The molecule has 2 rings (SSSR count). The van der Waals surface area contributed by atoms with Crippen molar-refractivity contribution in [1.29, 1.82) is 0 Å². The van der Waals surface area contributed by atoms with E-state index in [9.17, 15) is 14.4 Å². The second kappa shape index (κ2) is 8.28. The number of amides is 1. The van der Waals surface area contributed by atoms with Gasteiger partial charge in [-0.25, -0.2) is 0 Å². The standard InChI is InChI=1S/C19H22N2O4/c1-13(21-10-4-5-11-21)12-18(23)25-15(3)19(24)20-17-8-6-16(7-9-17)14(2)22/h4-11,13,15H,12H2,1-3H3,(H,20,24). The number of anilines is 1. The van der Waals surface area contributed by atoms with Crippen molar-refractivity contribution in [2.45, 2.75) is 39.3 Å². The van der Waals surface area contributed by atoms with Crippen molar-refractivity contribution in [2.24, 2.45) is 0 Å². The van der Waals surface area contributed by atoms with Gasteiger partial charge < -0.3 is 14.6 Å². The first kappa shape index (κ1) is 18.4. The second-order valence-electron chi connectivity index (χ2n) is 5.94. The highest BCUT2D eigenvalue weighted by Crippen LogP contribution is 2.14. The minimum Gasteiger partial charge on any atom is -0.452 e. The maximum absolute atomic E-state index is 12.1. The number of nitrogens with zero attached hydrogens (tertiary/aromatic N) is 1. The molecule has 0 aliphatic rings. The van der Waals surface area contributed by atoms with Gasteiger partial charge in [-0.15, -0.1) is 0 Å². The van der Waals surface area contributed by atoms with Crippen LogP contribution < -0.4 is 5.32 Å². The van der Waals surface area contributed by atoms with Gasteiger partial charge in [0.1, 0.15) is 0 Å². The van der Waals surface area contributed by atoms with Crippen LogP contribution in [0.15, 0.2) is 48.8 Å². The zero-order valence-corrected chi connectivity index (χ0v) is 14.6. The molecule has 2 aromatic rings. The first-order valence-corrected chi connectivity index (χ1v) is 8.10. The van der Waals surface area contributed by atoms with E-state index in [0.717, 1.165) is 0 Å². The summed E-state index contributed by atoms with van der Waals surface area (Å²) in [6, 6.07) is 10.3. The van der Waals surface area contributed by atoms with Crippen LogP contribution in [-0.4, -0.2) is 28.3 Å². The van der Waals surface area contributed by atoms with Gasteiger partial charge in [0.05, 0.1) is 6.42 Å². The summed E-state index contributed by atoms with van der Waals surface area (Å²) in [5.74, 6) is -0.898. The fourth-order valence-corrected chi connectivity index (χ4v) is 2.32. The number of hydrogen-bond acceptors (Lipinski definition) is 4. The summed E-state index contributed by atoms with van der Waals surface area (Å²) in [5, 5.41) is 2.66. The molecular weight excluding hydrogens is 320 g/mol. The molecule has 2 atom stereocenters. The van der Waals surface area contributed by atoms with Crippen LogP contribution in [0.4, 0.5) is 5.69 Å². The number of ketones is 1. The maximum Gasteiger partial charge on any atom is 0.308 e. The summed E-state index contributed by atoms with van der Waals surface area (Å²) < 4.78 is 7.10. The number of Topliss-reactive ketones (excluding diaryl/α,β-unsaturated/α-hetero) is 1. The monoisotopic (exact) mass is 342 g/mol. The first-order chi connectivity index (χ1) is 11.9. The third kappa shape index (κ3) is 5.31. The lowest BCUT2D eigenvalue weighted by atomic mass is 10.1. The number of hydrogen-bond donors (Lipinski definition) is 1. The number of nitrogens with one attached hydrogen (secondary N) is 1. The number of carbonyl (C=O) groups excluding carboxylic acids is 3. The van der Waals surface area contributed by atoms with Gasteiger partial charge in [-0.3, -0.25) is 14.4 Å². The van der Waals surface area contributed by atoms with E-state index in [2.05, 4.69) is 5.32 Å². The van der Waals surface area contributed by atoms with Crippen LogP contribution in [0.25, 0.3) is 0 Å². The zero-order valence-electron chi connectivity index (χ0n) is 14.6. The number of ether oxygens (including phenoxy) is 1. The molecule has 0 saturated heterocycles. The summed E-state index contributed by atoms with van der Waals surface area (Å²) in [6.45, 7) is 4.91. The Hall–Kier alpha value is -2.89. The summed E-state index contributed by atoms with van der Waals surface area (Å²) in [5.41, 5.74) is 1.11. The van der Waals surface area contributed by atoms with Crippen LogP contribution in [0.2, 0.25) is 0 Å². The third-order valence-corrected chi connectivity index (χ3v) is 3.83. The topological polar surface area (TPSA) is 77.4 Å². The van der Waals surface area contributed by atoms with E-state index in [0.29, 0.717) is 11.3 Å². The molecule has 0 bridgehead atoms. The van der Waals surface area contributed by atoms with Gasteiger partial charge in [-0.2, -0.15) is 0 Å². The first-order valence-electron chi connectivity index (χ1n) is 8.10. The molecule has 6 heteroatoms. The predicted octanol–water partition coefficient (Wildman–Crippen LogP) is 3.21. The fraction of sp³-hybridized carbons (Fsp3) is 0.316. The molecule has 1 heterocycles. The van der Waals surface area contributed by atoms with Crippen molar-refractivity contribution in [2.75, 3.05) is 5.32 Å². The molecule has 0 aliphatic heterocycles. The van der Waals surface area contributed by atoms with Gasteiger partial charge in [0, 0.05) is 29.7 Å². The Labute approximate surface area is 146 Å². The molecule has 132 valence electrons. The van der Waals surface area contributed by atoms with Crippen LogP contribution in [0, 0.1) is 0 Å². The van der Waals surface area contributed by atoms with Crippen molar-refractivity contribution in [3.05, 3.63) is 54.4 Å². The summed E-state index contributed by atoms with van der Waals surface area (Å²) in [4.78, 5) is 35.3. The Morgan fingerprint density at radius 3 is 2.24 bits per heavy atom. The van der Waals surface area contributed by atoms with Gasteiger partial charge in [0.15, 0.2) is 11.9 Å². The molecule has 0 aliphatic carbocycles. The van der Waals surface area contributed by atoms with Crippen molar-refractivity contribution >= 4 is 23.3 Å². The Morgan fingerprint density at radius 1 is 1.08 bits per heavy atom. The molecule has 25 heavy (non-hydrogen) atoms. The maximum atomic E-state index is 12.1. The molecular formula is C19H22N2O4. The van der Waals surface area contributed by atoms with Gasteiger partial charge in [0.25, 0.3) is 5.91 Å². The average molecular weight is 342 g/mol. The summed E-state index contributed by atoms with van der Waals surface area (Å²) in [6.07, 6.45) is 3.02. The van der Waals surface area contributed by atoms with Gasteiger partial charge >= 0.3 is 5.97 Å². The van der Waals surface area contributed by atoms with E-state index in [1.54, 1.807) is 24.3 Å². The van der Waals surface area contributed by atoms with E-state index >= 15 is 0 Å². The molecule has 0 radical (unpaired) electrons. The highest BCUT2D eigenvalue weighted by atomic mass is 16.5. The van der Waals surface area contributed by atoms with Crippen molar-refractivity contribution in [3.8, 4) is 0 Å². The Bertz CT molecular complexity index is 735. The van der Waals surface area contributed by atoms with Crippen LogP contribution in [0.3, 0.4) is 0 Å². The van der Waals surface area contributed by atoms with E-state index in [-0.39, 0.29) is 18.2 Å². The molecule has 1 N–H and O–H groups in total. The van der Waals surface area contributed by atoms with Crippen molar-refractivity contribution < 1.29 is 19.1 Å². The Morgan fingerprint density at radius 2 is 1.68 bits per heavy atom. The lowest BCUT2D eigenvalue weighted by molar-refractivity contribution is -0.153. The molecule has 6 nitrogen and oxygen atoms in total. The van der Waals surface area contributed by atoms with E-state index < -0.39 is 18.0 Å². The SMILES string of the molecule is CC(=O)c1ccc(NC(=O)C(C)OC(=O)CC(C)n2cccc2)cc1. The van der Waals surface area contributed by atoms with E-state index in [4.69, 9.17) is 4.74 Å². The molecule has 0 fully saturated rings. The normalized spacial score (nSPS) is 12.9. The Kier molecular flexibility index (Phi) is 6.11. The van der Waals surface area contributed by atoms with Crippen LogP contribution in [0.1, 0.15) is 43.6 Å². The van der Waals surface area contributed by atoms with Crippen LogP contribution in [0.5, 0.6) is 0 Å². The van der Waals surface area contributed by atoms with Gasteiger partial charge in [-0.05, 0) is 57.2 Å². The molecule has 1 amide bonds. The van der Waals surface area contributed by atoms with Gasteiger partial charge in [-0.1, -0.05) is 0 Å². The second-order valence-corrected chi connectivity index (χ2v) is 5.94. The fourth-order valence-electron chi connectivity index (χ4n) is 2.32. The average Bonchev–Trinajstić information content (AvgIpc) is 3.09. The number of esters is 1. The highest BCUT2D eigenvalue weighted by Gasteiger charge is 2.20. The van der Waals surface area contributed by atoms with Crippen LogP contribution in [-0.2, 0) is 14.3 Å².